The van der Waals surface area contributed by atoms with E-state index in [9.17, 15) is 13.4 Å². The van der Waals surface area contributed by atoms with Crippen LogP contribution in [0.2, 0.25) is 0 Å². The van der Waals surface area contributed by atoms with E-state index < -0.39 is 31.9 Å². The molecular formula is C16H18FN3O3S. The maximum Gasteiger partial charge on any atom is 0.411 e. The normalized spacial score (nSPS) is 28.5. The van der Waals surface area contributed by atoms with Crippen molar-refractivity contribution in [3.8, 4) is 12.3 Å². The standard InChI is InChI=1S/C16H18FN3O3S/c1-5-10-6-7-12(17)11(8-10)16(4)9-24(19,22)15(2,3)13(20-16)23-14(18)21/h1,6-8,19H,9H2,2-4H3,(H2,18,21)/t16-,24-/m0/s1. The second-order valence-corrected chi connectivity index (χ2v) is 8.94. The smallest absolute Gasteiger partial charge is 0.394 e. The summed E-state index contributed by atoms with van der Waals surface area (Å²) in [6.45, 7) is 4.45. The Balaban J connectivity index is 2.73. The van der Waals surface area contributed by atoms with Gasteiger partial charge in [0.25, 0.3) is 0 Å². The number of benzene rings is 1. The SMILES string of the molecule is C#Cc1ccc(F)c([C@]2(C)C[S@](=N)(=O)C(C)(C)C(OC(N)=O)=N2)c1. The van der Waals surface area contributed by atoms with Gasteiger partial charge >= 0.3 is 6.09 Å². The number of carbonyl (C=O) groups is 1. The summed E-state index contributed by atoms with van der Waals surface area (Å²) in [6, 6.07) is 4.03. The number of hydrogen-bond acceptors (Lipinski definition) is 5. The number of nitrogens with zero attached hydrogens (tertiary/aromatic N) is 1. The number of carbonyl (C=O) groups excluding carboxylic acids is 1. The molecule has 1 aliphatic rings. The zero-order valence-corrected chi connectivity index (χ0v) is 14.4. The van der Waals surface area contributed by atoms with Crippen LogP contribution in [0.1, 0.15) is 31.9 Å². The summed E-state index contributed by atoms with van der Waals surface area (Å²) >= 11 is 0. The quantitative estimate of drug-likeness (QED) is 0.759. The Labute approximate surface area is 140 Å². The van der Waals surface area contributed by atoms with E-state index in [0.29, 0.717) is 5.56 Å². The van der Waals surface area contributed by atoms with Gasteiger partial charge in [-0.3, -0.25) is 4.78 Å². The molecule has 0 unspecified atom stereocenters. The molecule has 0 aromatic heterocycles. The van der Waals surface area contributed by atoms with E-state index in [1.807, 2.05) is 0 Å². The summed E-state index contributed by atoms with van der Waals surface area (Å²) in [5.74, 6) is 1.29. The zero-order chi connectivity index (χ0) is 18.3. The van der Waals surface area contributed by atoms with Crippen molar-refractivity contribution in [3.05, 3.63) is 35.1 Å². The van der Waals surface area contributed by atoms with Gasteiger partial charge in [-0.2, -0.15) is 0 Å². The number of rotatable bonds is 1. The highest BCUT2D eigenvalue weighted by molar-refractivity contribution is 7.94. The van der Waals surface area contributed by atoms with Gasteiger partial charge in [0.2, 0.25) is 5.90 Å². The molecule has 8 heteroatoms. The van der Waals surface area contributed by atoms with Gasteiger partial charge in [0.05, 0.1) is 15.5 Å². The fourth-order valence-electron chi connectivity index (χ4n) is 2.52. The average Bonchev–Trinajstić information content (AvgIpc) is 2.44. The van der Waals surface area contributed by atoms with Gasteiger partial charge in [0.1, 0.15) is 16.1 Å². The molecule has 0 saturated heterocycles. The van der Waals surface area contributed by atoms with Crippen molar-refractivity contribution in [1.82, 2.24) is 0 Å². The van der Waals surface area contributed by atoms with Crippen LogP contribution in [-0.2, 0) is 20.0 Å². The van der Waals surface area contributed by atoms with E-state index in [4.69, 9.17) is 21.7 Å². The molecule has 1 aromatic carbocycles. The molecule has 0 saturated carbocycles. The number of ether oxygens (including phenoxy) is 1. The van der Waals surface area contributed by atoms with Crippen molar-refractivity contribution in [1.29, 1.82) is 4.78 Å². The van der Waals surface area contributed by atoms with Crippen LogP contribution in [0.5, 0.6) is 0 Å². The molecule has 6 nitrogen and oxygen atoms in total. The Hall–Kier alpha value is -2.40. The van der Waals surface area contributed by atoms with Crippen molar-refractivity contribution in [2.24, 2.45) is 10.7 Å². The summed E-state index contributed by atoms with van der Waals surface area (Å²) in [4.78, 5) is 15.4. The van der Waals surface area contributed by atoms with Crippen molar-refractivity contribution >= 4 is 21.7 Å². The van der Waals surface area contributed by atoms with Crippen molar-refractivity contribution in [2.75, 3.05) is 5.75 Å². The maximum atomic E-state index is 14.3. The lowest BCUT2D eigenvalue weighted by Crippen LogP contribution is -2.53. The van der Waals surface area contributed by atoms with Crippen molar-refractivity contribution < 1.29 is 18.1 Å². The van der Waals surface area contributed by atoms with Gasteiger partial charge < -0.3 is 10.5 Å². The maximum absolute atomic E-state index is 14.3. The van der Waals surface area contributed by atoms with Gasteiger partial charge in [-0.05, 0) is 39.0 Å². The molecule has 24 heavy (non-hydrogen) atoms. The van der Waals surface area contributed by atoms with Crippen LogP contribution in [0.3, 0.4) is 0 Å². The van der Waals surface area contributed by atoms with Crippen LogP contribution in [-0.4, -0.2) is 26.7 Å². The third kappa shape index (κ3) is 2.87. The summed E-state index contributed by atoms with van der Waals surface area (Å²) in [5, 5.41) is 0. The molecule has 128 valence electrons. The van der Waals surface area contributed by atoms with Crippen LogP contribution in [0.15, 0.2) is 23.2 Å². The molecular weight excluding hydrogens is 333 g/mol. The monoisotopic (exact) mass is 351 g/mol. The Bertz CT molecular complexity index is 884. The van der Waals surface area contributed by atoms with Crippen molar-refractivity contribution in [3.63, 3.8) is 0 Å². The number of nitrogens with one attached hydrogen (secondary N) is 1. The summed E-state index contributed by atoms with van der Waals surface area (Å²) < 4.78 is 39.0. The fourth-order valence-corrected chi connectivity index (χ4v) is 4.26. The number of primary amides is 1. The Kier molecular flexibility index (Phi) is 4.19. The third-order valence-electron chi connectivity index (χ3n) is 4.08. The van der Waals surface area contributed by atoms with E-state index in [0.717, 1.165) is 0 Å². The predicted octanol–water partition coefficient (Wildman–Crippen LogP) is 2.35. The van der Waals surface area contributed by atoms with Crippen LogP contribution >= 0.6 is 0 Å². The molecule has 1 aliphatic heterocycles. The molecule has 0 aliphatic carbocycles. The van der Waals surface area contributed by atoms with Gasteiger partial charge in [0.15, 0.2) is 0 Å². The lowest BCUT2D eigenvalue weighted by Gasteiger charge is -2.39. The number of halogens is 1. The second-order valence-electron chi connectivity index (χ2n) is 6.28. The lowest BCUT2D eigenvalue weighted by atomic mass is 9.92. The molecule has 2 rings (SSSR count). The molecule has 2 atom stereocenters. The zero-order valence-electron chi connectivity index (χ0n) is 13.6. The Morgan fingerprint density at radius 1 is 1.50 bits per heavy atom. The van der Waals surface area contributed by atoms with Crippen LogP contribution in [0.4, 0.5) is 9.18 Å². The molecule has 0 radical (unpaired) electrons. The number of terminal acetylenes is 1. The number of aliphatic imine (C=N–C) groups is 1. The highest BCUT2D eigenvalue weighted by atomic mass is 32.2. The first-order valence-electron chi connectivity index (χ1n) is 7.03. The molecule has 0 bridgehead atoms. The summed E-state index contributed by atoms with van der Waals surface area (Å²) in [5.41, 5.74) is 4.16. The van der Waals surface area contributed by atoms with Crippen LogP contribution in [0.25, 0.3) is 0 Å². The third-order valence-corrected chi connectivity index (χ3v) is 6.87. The van der Waals surface area contributed by atoms with Crippen LogP contribution < -0.4 is 5.73 Å². The van der Waals surface area contributed by atoms with Gasteiger partial charge in [-0.15, -0.1) is 6.42 Å². The van der Waals surface area contributed by atoms with Crippen molar-refractivity contribution in [2.45, 2.75) is 31.1 Å². The minimum absolute atomic E-state index is 0.0824. The first-order valence-corrected chi connectivity index (χ1v) is 8.76. The van der Waals surface area contributed by atoms with Crippen LogP contribution in [0, 0.1) is 22.9 Å². The second kappa shape index (κ2) is 5.60. The number of nitrogens with two attached hydrogens (primary N) is 1. The predicted molar refractivity (Wildman–Crippen MR) is 89.6 cm³/mol. The van der Waals surface area contributed by atoms with E-state index in [-0.39, 0.29) is 17.2 Å². The van der Waals surface area contributed by atoms with Gasteiger partial charge in [-0.25, -0.2) is 18.4 Å². The Morgan fingerprint density at radius 2 is 2.12 bits per heavy atom. The van der Waals surface area contributed by atoms with E-state index in [2.05, 4.69) is 10.9 Å². The molecule has 1 aromatic rings. The first-order chi connectivity index (χ1) is 10.9. The highest BCUT2D eigenvalue weighted by Crippen LogP contribution is 2.39. The summed E-state index contributed by atoms with van der Waals surface area (Å²) in [7, 11) is -3.33. The minimum atomic E-state index is -3.33. The van der Waals surface area contributed by atoms with E-state index >= 15 is 0 Å². The fraction of sp³-hybridized carbons (Fsp3) is 0.375. The number of hydrogen-bond donors (Lipinski definition) is 2. The summed E-state index contributed by atoms with van der Waals surface area (Å²) in [6.07, 6.45) is 4.20. The molecule has 0 spiro atoms. The molecule has 0 fully saturated rings. The number of amides is 1. The lowest BCUT2D eigenvalue weighted by molar-refractivity contribution is 0.204. The van der Waals surface area contributed by atoms with Gasteiger partial charge in [0, 0.05) is 11.1 Å². The largest absolute Gasteiger partial charge is 0.411 e. The first kappa shape index (κ1) is 17.9. The van der Waals surface area contributed by atoms with E-state index in [1.54, 1.807) is 0 Å². The average molecular weight is 351 g/mol. The molecule has 3 N–H and O–H groups in total. The molecule has 1 amide bonds. The minimum Gasteiger partial charge on any atom is -0.394 e. The molecule has 1 heterocycles. The Morgan fingerprint density at radius 3 is 2.67 bits per heavy atom. The topological polar surface area (TPSA) is 106 Å². The van der Waals surface area contributed by atoms with Gasteiger partial charge in [-0.1, -0.05) is 5.92 Å². The van der Waals surface area contributed by atoms with E-state index in [1.165, 1.54) is 39.0 Å². The highest BCUT2D eigenvalue weighted by Gasteiger charge is 2.49.